The third-order valence-corrected chi connectivity index (χ3v) is 6.37. The summed E-state index contributed by atoms with van der Waals surface area (Å²) < 4.78 is 1.76. The molecule has 6 nitrogen and oxygen atoms in total. The molecule has 2 aliphatic carbocycles. The standard InChI is InChI=1S/C19H22ClN5O.ClH/c20-14-3-1-2-4-16(14)25-18(11-5-6-11)22-17(23-25)19(26)24-9-12-7-8-15(21)13(12)10-24;/h1-4,11-13,15H,5-10,21H2;1H. The van der Waals surface area contributed by atoms with E-state index in [2.05, 4.69) is 10.1 Å². The Labute approximate surface area is 169 Å². The number of aromatic nitrogens is 3. The fourth-order valence-electron chi connectivity index (χ4n) is 4.44. The van der Waals surface area contributed by atoms with Crippen molar-refractivity contribution in [2.75, 3.05) is 13.1 Å². The number of benzene rings is 1. The highest BCUT2D eigenvalue weighted by Crippen LogP contribution is 2.41. The van der Waals surface area contributed by atoms with E-state index in [0.717, 1.165) is 50.3 Å². The lowest BCUT2D eigenvalue weighted by molar-refractivity contribution is 0.0767. The molecule has 0 spiro atoms. The second-order valence-corrected chi connectivity index (χ2v) is 8.21. The molecule has 0 bridgehead atoms. The molecule has 3 fully saturated rings. The van der Waals surface area contributed by atoms with E-state index in [1.165, 1.54) is 0 Å². The number of hydrogen-bond donors (Lipinski definition) is 1. The van der Waals surface area contributed by atoms with Gasteiger partial charge in [0, 0.05) is 25.0 Å². The van der Waals surface area contributed by atoms with Crippen molar-refractivity contribution < 1.29 is 4.79 Å². The molecular formula is C19H23Cl2N5O. The van der Waals surface area contributed by atoms with Crippen LogP contribution >= 0.6 is 24.0 Å². The molecule has 2 N–H and O–H groups in total. The molecule has 2 saturated carbocycles. The van der Waals surface area contributed by atoms with Gasteiger partial charge in [0.05, 0.1) is 10.7 Å². The SMILES string of the molecule is Cl.NC1CCC2CN(C(=O)c3nc(C4CC4)n(-c4ccccc4Cl)n3)CC12. The number of carbonyl (C=O) groups excluding carboxylic acids is 1. The average molecular weight is 408 g/mol. The van der Waals surface area contributed by atoms with Gasteiger partial charge in [-0.15, -0.1) is 17.5 Å². The van der Waals surface area contributed by atoms with Crippen LogP contribution in [-0.4, -0.2) is 44.7 Å². The van der Waals surface area contributed by atoms with Crippen LogP contribution in [0, 0.1) is 11.8 Å². The largest absolute Gasteiger partial charge is 0.335 e. The minimum atomic E-state index is -0.0840. The van der Waals surface area contributed by atoms with Gasteiger partial charge in [-0.1, -0.05) is 23.7 Å². The fourth-order valence-corrected chi connectivity index (χ4v) is 4.65. The lowest BCUT2D eigenvalue weighted by Gasteiger charge is -2.17. The second-order valence-electron chi connectivity index (χ2n) is 7.81. The second kappa shape index (κ2) is 7.08. The molecule has 3 atom stereocenters. The van der Waals surface area contributed by atoms with Crippen LogP contribution in [0.15, 0.2) is 24.3 Å². The maximum absolute atomic E-state index is 13.0. The molecule has 5 rings (SSSR count). The van der Waals surface area contributed by atoms with Gasteiger partial charge in [0.15, 0.2) is 0 Å². The van der Waals surface area contributed by atoms with Crippen LogP contribution < -0.4 is 5.73 Å². The van der Waals surface area contributed by atoms with Crippen LogP contribution in [0.1, 0.15) is 48.0 Å². The normalized spacial score (nSPS) is 26.7. The maximum atomic E-state index is 13.0. The summed E-state index contributed by atoms with van der Waals surface area (Å²) in [5.41, 5.74) is 6.98. The summed E-state index contributed by atoms with van der Waals surface area (Å²) in [7, 11) is 0. The third kappa shape index (κ3) is 3.24. The summed E-state index contributed by atoms with van der Waals surface area (Å²) >= 11 is 6.35. The zero-order valence-electron chi connectivity index (χ0n) is 14.9. The van der Waals surface area contributed by atoms with Gasteiger partial charge in [0.25, 0.3) is 5.91 Å². The number of hydrogen-bond acceptors (Lipinski definition) is 4. The van der Waals surface area contributed by atoms with Crippen LogP contribution in [0.5, 0.6) is 0 Å². The highest BCUT2D eigenvalue weighted by Gasteiger charge is 2.43. The highest BCUT2D eigenvalue weighted by atomic mass is 35.5. The van der Waals surface area contributed by atoms with E-state index in [4.69, 9.17) is 17.3 Å². The van der Waals surface area contributed by atoms with Gasteiger partial charge < -0.3 is 10.6 Å². The van der Waals surface area contributed by atoms with E-state index in [0.29, 0.717) is 22.8 Å². The summed E-state index contributed by atoms with van der Waals surface area (Å²) in [4.78, 5) is 19.5. The Kier molecular flexibility index (Phi) is 4.91. The lowest BCUT2D eigenvalue weighted by Crippen LogP contribution is -2.34. The van der Waals surface area contributed by atoms with E-state index in [-0.39, 0.29) is 30.2 Å². The molecule has 1 aromatic heterocycles. The number of nitrogens with two attached hydrogens (primary N) is 1. The van der Waals surface area contributed by atoms with E-state index < -0.39 is 0 Å². The fraction of sp³-hybridized carbons (Fsp3) is 0.526. The van der Waals surface area contributed by atoms with Crippen molar-refractivity contribution in [1.82, 2.24) is 19.7 Å². The first-order valence-electron chi connectivity index (χ1n) is 9.38. The summed E-state index contributed by atoms with van der Waals surface area (Å²) in [6.45, 7) is 1.50. The van der Waals surface area contributed by atoms with E-state index >= 15 is 0 Å². The number of fused-ring (bicyclic) bond motifs is 1. The predicted molar refractivity (Wildman–Crippen MR) is 106 cm³/mol. The minimum absolute atomic E-state index is 0. The van der Waals surface area contributed by atoms with Gasteiger partial charge in [-0.3, -0.25) is 4.79 Å². The summed E-state index contributed by atoms with van der Waals surface area (Å²) in [6.07, 6.45) is 4.35. The van der Waals surface area contributed by atoms with Crippen LogP contribution in [-0.2, 0) is 0 Å². The number of halogens is 2. The molecule has 1 aromatic carbocycles. The highest BCUT2D eigenvalue weighted by molar-refractivity contribution is 6.32. The van der Waals surface area contributed by atoms with Gasteiger partial charge in [0.1, 0.15) is 5.82 Å². The topological polar surface area (TPSA) is 77.0 Å². The molecule has 3 unspecified atom stereocenters. The van der Waals surface area contributed by atoms with Crippen LogP contribution in [0.4, 0.5) is 0 Å². The Hall–Kier alpha value is -1.63. The smallest absolute Gasteiger partial charge is 0.293 e. The Morgan fingerprint density at radius 2 is 1.93 bits per heavy atom. The van der Waals surface area contributed by atoms with E-state index in [1.54, 1.807) is 4.68 Å². The van der Waals surface area contributed by atoms with Crippen molar-refractivity contribution in [3.05, 3.63) is 40.9 Å². The zero-order valence-corrected chi connectivity index (χ0v) is 16.5. The van der Waals surface area contributed by atoms with Gasteiger partial charge >= 0.3 is 0 Å². The van der Waals surface area contributed by atoms with E-state index in [9.17, 15) is 4.79 Å². The first-order chi connectivity index (χ1) is 12.6. The minimum Gasteiger partial charge on any atom is -0.335 e. The summed E-state index contributed by atoms with van der Waals surface area (Å²) in [5.74, 6) is 2.36. The van der Waals surface area contributed by atoms with Crippen molar-refractivity contribution in [3.63, 3.8) is 0 Å². The number of nitrogens with zero attached hydrogens (tertiary/aromatic N) is 4. The molecule has 8 heteroatoms. The maximum Gasteiger partial charge on any atom is 0.293 e. The zero-order chi connectivity index (χ0) is 17.8. The molecule has 3 aliphatic rings. The van der Waals surface area contributed by atoms with Crippen LogP contribution in [0.2, 0.25) is 5.02 Å². The molecule has 2 aromatic rings. The summed E-state index contributed by atoms with van der Waals surface area (Å²) in [6, 6.07) is 7.77. The van der Waals surface area contributed by atoms with Crippen LogP contribution in [0.3, 0.4) is 0 Å². The first kappa shape index (κ1) is 18.7. The van der Waals surface area contributed by atoms with Crippen molar-refractivity contribution in [3.8, 4) is 5.69 Å². The van der Waals surface area contributed by atoms with Gasteiger partial charge in [-0.2, -0.15) is 0 Å². The summed E-state index contributed by atoms with van der Waals surface area (Å²) in [5, 5.41) is 5.17. The first-order valence-corrected chi connectivity index (χ1v) is 9.76. The number of carbonyl (C=O) groups is 1. The molecular weight excluding hydrogens is 385 g/mol. The number of para-hydroxylation sites is 1. The van der Waals surface area contributed by atoms with Crippen LogP contribution in [0.25, 0.3) is 5.69 Å². The Morgan fingerprint density at radius 3 is 2.63 bits per heavy atom. The molecule has 144 valence electrons. The van der Waals surface area contributed by atoms with E-state index in [1.807, 2.05) is 29.2 Å². The quantitative estimate of drug-likeness (QED) is 0.847. The molecule has 1 aliphatic heterocycles. The predicted octanol–water partition coefficient (Wildman–Crippen LogP) is 3.03. The number of amides is 1. The molecule has 2 heterocycles. The molecule has 27 heavy (non-hydrogen) atoms. The third-order valence-electron chi connectivity index (χ3n) is 6.05. The average Bonchev–Trinajstić information content (AvgIpc) is 3.10. The molecule has 0 radical (unpaired) electrons. The Bertz CT molecular complexity index is 866. The van der Waals surface area contributed by atoms with Gasteiger partial charge in [0.2, 0.25) is 5.82 Å². The van der Waals surface area contributed by atoms with Gasteiger partial charge in [-0.25, -0.2) is 9.67 Å². The Morgan fingerprint density at radius 1 is 1.15 bits per heavy atom. The Balaban J connectivity index is 0.00000180. The monoisotopic (exact) mass is 407 g/mol. The van der Waals surface area contributed by atoms with Crippen molar-refractivity contribution in [2.24, 2.45) is 17.6 Å². The number of rotatable bonds is 3. The van der Waals surface area contributed by atoms with Crippen molar-refractivity contribution >= 4 is 29.9 Å². The number of likely N-dealkylation sites (tertiary alicyclic amines) is 1. The van der Waals surface area contributed by atoms with Crippen molar-refractivity contribution in [2.45, 2.75) is 37.6 Å². The lowest BCUT2D eigenvalue weighted by atomic mass is 9.98. The molecule has 1 amide bonds. The van der Waals surface area contributed by atoms with Crippen molar-refractivity contribution in [1.29, 1.82) is 0 Å². The molecule has 1 saturated heterocycles. The van der Waals surface area contributed by atoms with Gasteiger partial charge in [-0.05, 0) is 49.7 Å².